The topological polar surface area (TPSA) is 82.2 Å². The summed E-state index contributed by atoms with van der Waals surface area (Å²) in [6, 6.07) is 10.7. The Hall–Kier alpha value is -1.99. The fourth-order valence-electron chi connectivity index (χ4n) is 2.20. The second-order valence-corrected chi connectivity index (χ2v) is 5.75. The number of fused-ring (bicyclic) bond motifs is 1. The summed E-state index contributed by atoms with van der Waals surface area (Å²) in [4.78, 5) is 19.5. The van der Waals surface area contributed by atoms with Crippen molar-refractivity contribution in [3.05, 3.63) is 58.9 Å². The van der Waals surface area contributed by atoms with Crippen LogP contribution in [0.15, 0.2) is 47.1 Å². The average Bonchev–Trinajstić information content (AvgIpc) is 2.97. The quantitative estimate of drug-likeness (QED) is 0.403. The predicted molar refractivity (Wildman–Crippen MR) is 111 cm³/mol. The maximum absolute atomic E-state index is 12.4. The maximum Gasteiger partial charge on any atom is 0.274 e. The first-order valence-corrected chi connectivity index (χ1v) is 7.75. The molecule has 0 aliphatic rings. The van der Waals surface area contributed by atoms with E-state index in [9.17, 15) is 4.79 Å². The van der Waals surface area contributed by atoms with Gasteiger partial charge in [-0.3, -0.25) is 10.1 Å². The molecule has 3 rings (SSSR count). The van der Waals surface area contributed by atoms with E-state index in [4.69, 9.17) is 23.4 Å². The molecule has 0 saturated carbocycles. The first-order valence-electron chi connectivity index (χ1n) is 7.03. The first-order chi connectivity index (χ1) is 11.5. The minimum atomic E-state index is -0.387. The molecule has 3 N–H and O–H groups in total. The third-order valence-electron chi connectivity index (χ3n) is 3.31. The van der Waals surface area contributed by atoms with Crippen LogP contribution < -0.4 is 10.6 Å². The maximum atomic E-state index is 12.4. The van der Waals surface area contributed by atoms with E-state index in [1.54, 1.807) is 36.5 Å². The highest BCUT2D eigenvalue weighted by molar-refractivity contribution is 6.31. The lowest BCUT2D eigenvalue weighted by atomic mass is 10.2. The SMILES string of the molecule is Cc1ccnc(N/C(=N\Cl)NC(=O)c2cc3cc(Cl)ccc3[nH]2)c1.Cl.Cl. The van der Waals surface area contributed by atoms with Crippen molar-refractivity contribution in [2.24, 2.45) is 4.51 Å². The van der Waals surface area contributed by atoms with E-state index in [0.29, 0.717) is 16.5 Å². The van der Waals surface area contributed by atoms with Gasteiger partial charge in [0.1, 0.15) is 11.5 Å². The summed E-state index contributed by atoms with van der Waals surface area (Å²) in [6.45, 7) is 1.93. The normalized spacial score (nSPS) is 10.7. The second-order valence-electron chi connectivity index (χ2n) is 5.15. The Morgan fingerprint density at radius 1 is 1.19 bits per heavy atom. The zero-order valence-corrected chi connectivity index (χ0v) is 16.6. The Morgan fingerprint density at radius 2 is 1.96 bits per heavy atom. The minimum Gasteiger partial charge on any atom is -0.351 e. The molecule has 0 spiro atoms. The number of rotatable bonds is 2. The molecule has 0 unspecified atom stereocenters. The van der Waals surface area contributed by atoms with E-state index in [0.717, 1.165) is 16.5 Å². The molecule has 0 fully saturated rings. The molecule has 2 heterocycles. The van der Waals surface area contributed by atoms with E-state index in [1.165, 1.54) is 0 Å². The summed E-state index contributed by atoms with van der Waals surface area (Å²) in [5.41, 5.74) is 2.19. The minimum absolute atomic E-state index is 0. The number of aromatic nitrogens is 2. The fourth-order valence-corrected chi connectivity index (χ4v) is 2.47. The number of carbonyl (C=O) groups excluding carboxylic acids is 1. The molecule has 6 nitrogen and oxygen atoms in total. The number of hydrogen-bond acceptors (Lipinski definition) is 3. The highest BCUT2D eigenvalue weighted by atomic mass is 35.5. The van der Waals surface area contributed by atoms with E-state index in [-0.39, 0.29) is 36.7 Å². The highest BCUT2D eigenvalue weighted by Gasteiger charge is 2.13. The Bertz CT molecular complexity index is 941. The van der Waals surface area contributed by atoms with Crippen LogP contribution in [-0.4, -0.2) is 21.8 Å². The first kappa shape index (κ1) is 22.1. The molecule has 26 heavy (non-hydrogen) atoms. The number of amides is 1. The van der Waals surface area contributed by atoms with Gasteiger partial charge in [0, 0.05) is 33.9 Å². The van der Waals surface area contributed by atoms with Gasteiger partial charge in [0.25, 0.3) is 5.91 Å². The summed E-state index contributed by atoms with van der Waals surface area (Å²) >= 11 is 11.5. The molecule has 0 bridgehead atoms. The van der Waals surface area contributed by atoms with Crippen molar-refractivity contribution in [2.45, 2.75) is 6.92 Å². The third-order valence-corrected chi connectivity index (χ3v) is 3.71. The van der Waals surface area contributed by atoms with Crippen molar-refractivity contribution in [2.75, 3.05) is 5.32 Å². The summed E-state index contributed by atoms with van der Waals surface area (Å²) in [5, 5.41) is 6.88. The zero-order chi connectivity index (χ0) is 17.1. The number of halogens is 4. The second kappa shape index (κ2) is 9.64. The molecule has 10 heteroatoms. The van der Waals surface area contributed by atoms with E-state index in [2.05, 4.69) is 25.1 Å². The van der Waals surface area contributed by atoms with E-state index in [1.807, 2.05) is 13.0 Å². The van der Waals surface area contributed by atoms with Gasteiger partial charge < -0.3 is 10.3 Å². The monoisotopic (exact) mass is 433 g/mol. The Balaban J connectivity index is 0.00000169. The lowest BCUT2D eigenvalue weighted by molar-refractivity contribution is 0.0973. The van der Waals surface area contributed by atoms with E-state index < -0.39 is 0 Å². The standard InChI is InChI=1S/C16H13Cl2N5O.2ClH/c1-9-4-5-19-14(6-9)21-16(23-18)22-15(24)13-8-10-7-11(17)2-3-12(10)20-13;;/h2-8,20H,1H3,(H2,19,21,22,23,24);2*1H. The van der Waals surface area contributed by atoms with Gasteiger partial charge in [-0.1, -0.05) is 11.6 Å². The summed E-state index contributed by atoms with van der Waals surface area (Å²) < 4.78 is 3.52. The van der Waals surface area contributed by atoms with Crippen molar-refractivity contribution >= 4 is 76.8 Å². The number of guanidine groups is 1. The van der Waals surface area contributed by atoms with E-state index >= 15 is 0 Å². The molecule has 0 saturated heterocycles. The zero-order valence-electron chi connectivity index (χ0n) is 13.4. The Morgan fingerprint density at radius 3 is 2.65 bits per heavy atom. The van der Waals surface area contributed by atoms with Crippen LogP contribution in [0.4, 0.5) is 5.82 Å². The van der Waals surface area contributed by atoms with Gasteiger partial charge in [0.2, 0.25) is 5.96 Å². The number of nitrogens with zero attached hydrogens (tertiary/aromatic N) is 2. The molecule has 0 aliphatic carbocycles. The number of benzene rings is 1. The molecule has 1 aromatic carbocycles. The molecular weight excluding hydrogens is 420 g/mol. The van der Waals surface area contributed by atoms with Crippen molar-refractivity contribution in [3.8, 4) is 0 Å². The van der Waals surface area contributed by atoms with Crippen LogP contribution in [-0.2, 0) is 0 Å². The van der Waals surface area contributed by atoms with Crippen LogP contribution in [0.25, 0.3) is 10.9 Å². The number of carbonyl (C=O) groups is 1. The number of aromatic amines is 1. The molecule has 3 aromatic rings. The van der Waals surface area contributed by atoms with Gasteiger partial charge in [-0.15, -0.1) is 29.3 Å². The lowest BCUT2D eigenvalue weighted by Crippen LogP contribution is -2.35. The van der Waals surface area contributed by atoms with Crippen molar-refractivity contribution in [1.82, 2.24) is 15.3 Å². The van der Waals surface area contributed by atoms with Crippen LogP contribution in [0.3, 0.4) is 0 Å². The highest BCUT2D eigenvalue weighted by Crippen LogP contribution is 2.20. The Kier molecular flexibility index (Phi) is 8.17. The van der Waals surface area contributed by atoms with Crippen LogP contribution in [0, 0.1) is 6.92 Å². The van der Waals surface area contributed by atoms with Crippen LogP contribution in [0.5, 0.6) is 0 Å². The Labute approximate surface area is 172 Å². The molecule has 0 radical (unpaired) electrons. The molecule has 0 atom stereocenters. The number of nitrogens with one attached hydrogen (secondary N) is 3. The largest absolute Gasteiger partial charge is 0.351 e. The number of hydrogen-bond donors (Lipinski definition) is 3. The van der Waals surface area contributed by atoms with Gasteiger partial charge in [0.05, 0.1) is 0 Å². The van der Waals surface area contributed by atoms with Gasteiger partial charge in [0.15, 0.2) is 0 Å². The fraction of sp³-hybridized carbons (Fsp3) is 0.0625. The van der Waals surface area contributed by atoms with Crippen molar-refractivity contribution < 1.29 is 4.79 Å². The number of H-pyrrole nitrogens is 1. The van der Waals surface area contributed by atoms with Crippen LogP contribution >= 0.6 is 48.2 Å². The van der Waals surface area contributed by atoms with Crippen molar-refractivity contribution in [3.63, 3.8) is 0 Å². The third kappa shape index (κ3) is 5.25. The smallest absolute Gasteiger partial charge is 0.274 e. The molecule has 1 amide bonds. The number of aryl methyl sites for hydroxylation is 1. The van der Waals surface area contributed by atoms with Crippen LogP contribution in [0.2, 0.25) is 5.02 Å². The van der Waals surface area contributed by atoms with Gasteiger partial charge in [-0.05, 0) is 48.9 Å². The van der Waals surface area contributed by atoms with Gasteiger partial charge >= 0.3 is 0 Å². The van der Waals surface area contributed by atoms with Crippen molar-refractivity contribution in [1.29, 1.82) is 0 Å². The predicted octanol–water partition coefficient (Wildman–Crippen LogP) is 4.72. The molecular formula is C16H15Cl4N5O. The number of pyridine rings is 1. The average molecular weight is 435 g/mol. The van der Waals surface area contributed by atoms with Gasteiger partial charge in [-0.25, -0.2) is 4.98 Å². The molecule has 0 aliphatic heterocycles. The van der Waals surface area contributed by atoms with Gasteiger partial charge in [-0.2, -0.15) is 0 Å². The summed E-state index contributed by atoms with van der Waals surface area (Å²) in [5.74, 6) is 0.219. The molecule has 2 aromatic heterocycles. The summed E-state index contributed by atoms with van der Waals surface area (Å²) in [6.07, 6.45) is 1.65. The van der Waals surface area contributed by atoms with Crippen LogP contribution in [0.1, 0.15) is 16.1 Å². The lowest BCUT2D eigenvalue weighted by Gasteiger charge is -2.09. The summed E-state index contributed by atoms with van der Waals surface area (Å²) in [7, 11) is 0. The molecule has 138 valence electrons. The number of anilines is 1.